The first-order chi connectivity index (χ1) is 9.28. The standard InChI is InChI=1S/C15H25N3O/c1-3-19-15-9-7-8-14(17-15)16-13(2)12-18-10-5-4-6-11-18/h7-9,13H,3-6,10-12H2,1-2H3,(H,16,17). The molecule has 4 heteroatoms. The van der Waals surface area contributed by atoms with Crippen molar-refractivity contribution in [3.8, 4) is 5.88 Å². The van der Waals surface area contributed by atoms with E-state index in [4.69, 9.17) is 4.74 Å². The van der Waals surface area contributed by atoms with Gasteiger partial charge in [-0.3, -0.25) is 0 Å². The van der Waals surface area contributed by atoms with E-state index in [0.717, 1.165) is 12.4 Å². The Balaban J connectivity index is 1.83. The predicted octanol–water partition coefficient (Wildman–Crippen LogP) is 2.77. The minimum atomic E-state index is 0.405. The maximum absolute atomic E-state index is 5.42. The molecule has 106 valence electrons. The number of hydrogen-bond acceptors (Lipinski definition) is 4. The molecule has 1 unspecified atom stereocenters. The van der Waals surface area contributed by atoms with Crippen LogP contribution in [0.25, 0.3) is 0 Å². The van der Waals surface area contributed by atoms with Gasteiger partial charge >= 0.3 is 0 Å². The molecule has 2 rings (SSSR count). The summed E-state index contributed by atoms with van der Waals surface area (Å²) < 4.78 is 5.42. The smallest absolute Gasteiger partial charge is 0.215 e. The Morgan fingerprint density at radius 2 is 2.11 bits per heavy atom. The molecule has 0 aromatic carbocycles. The van der Waals surface area contributed by atoms with Gasteiger partial charge in [-0.25, -0.2) is 0 Å². The van der Waals surface area contributed by atoms with Gasteiger partial charge < -0.3 is 15.0 Å². The molecule has 1 aliphatic heterocycles. The van der Waals surface area contributed by atoms with Crippen molar-refractivity contribution in [3.63, 3.8) is 0 Å². The number of anilines is 1. The third-order valence-electron chi connectivity index (χ3n) is 3.39. The van der Waals surface area contributed by atoms with Crippen LogP contribution in [0.15, 0.2) is 18.2 Å². The predicted molar refractivity (Wildman–Crippen MR) is 78.8 cm³/mol. The van der Waals surface area contributed by atoms with Crippen molar-refractivity contribution < 1.29 is 4.74 Å². The summed E-state index contributed by atoms with van der Waals surface area (Å²) in [5, 5.41) is 3.46. The van der Waals surface area contributed by atoms with Crippen molar-refractivity contribution in [2.24, 2.45) is 0 Å². The molecule has 0 radical (unpaired) electrons. The van der Waals surface area contributed by atoms with E-state index in [1.807, 2.05) is 25.1 Å². The third kappa shape index (κ3) is 4.71. The van der Waals surface area contributed by atoms with Gasteiger partial charge in [0.15, 0.2) is 0 Å². The van der Waals surface area contributed by atoms with Crippen LogP contribution in [0.4, 0.5) is 5.82 Å². The van der Waals surface area contributed by atoms with E-state index >= 15 is 0 Å². The molecule has 1 aromatic rings. The highest BCUT2D eigenvalue weighted by Gasteiger charge is 2.13. The average Bonchev–Trinajstić information content (AvgIpc) is 2.40. The summed E-state index contributed by atoms with van der Waals surface area (Å²) in [6.07, 6.45) is 4.06. The first-order valence-electron chi connectivity index (χ1n) is 7.36. The number of nitrogens with zero attached hydrogens (tertiary/aromatic N) is 2. The highest BCUT2D eigenvalue weighted by molar-refractivity contribution is 5.38. The number of rotatable bonds is 6. The Bertz CT molecular complexity index is 377. The summed E-state index contributed by atoms with van der Waals surface area (Å²) in [7, 11) is 0. The number of pyridine rings is 1. The minimum absolute atomic E-state index is 0.405. The molecule has 1 saturated heterocycles. The van der Waals surface area contributed by atoms with Gasteiger partial charge in [0.1, 0.15) is 5.82 Å². The monoisotopic (exact) mass is 263 g/mol. The van der Waals surface area contributed by atoms with Crippen molar-refractivity contribution in [3.05, 3.63) is 18.2 Å². The Morgan fingerprint density at radius 3 is 2.84 bits per heavy atom. The average molecular weight is 263 g/mol. The number of ether oxygens (including phenoxy) is 1. The molecule has 0 bridgehead atoms. The summed E-state index contributed by atoms with van der Waals surface area (Å²) in [6, 6.07) is 6.27. The molecule has 0 spiro atoms. The largest absolute Gasteiger partial charge is 0.478 e. The molecule has 4 nitrogen and oxygen atoms in total. The zero-order chi connectivity index (χ0) is 13.5. The highest BCUT2D eigenvalue weighted by Crippen LogP contribution is 2.14. The van der Waals surface area contributed by atoms with E-state index < -0.39 is 0 Å². The van der Waals surface area contributed by atoms with Crippen molar-refractivity contribution in [1.82, 2.24) is 9.88 Å². The summed E-state index contributed by atoms with van der Waals surface area (Å²) in [5.74, 6) is 1.59. The maximum Gasteiger partial charge on any atom is 0.215 e. The van der Waals surface area contributed by atoms with Crippen molar-refractivity contribution in [2.75, 3.05) is 31.6 Å². The zero-order valence-corrected chi connectivity index (χ0v) is 12.1. The molecule has 2 heterocycles. The van der Waals surface area contributed by atoms with Gasteiger partial charge in [-0.15, -0.1) is 0 Å². The minimum Gasteiger partial charge on any atom is -0.478 e. The van der Waals surface area contributed by atoms with Crippen molar-refractivity contribution in [2.45, 2.75) is 39.2 Å². The van der Waals surface area contributed by atoms with E-state index in [-0.39, 0.29) is 0 Å². The number of piperidine rings is 1. The molecule has 0 aliphatic carbocycles. The molecule has 0 amide bonds. The van der Waals surface area contributed by atoms with Gasteiger partial charge in [-0.05, 0) is 45.8 Å². The van der Waals surface area contributed by atoms with E-state index in [0.29, 0.717) is 18.5 Å². The van der Waals surface area contributed by atoms with Crippen molar-refractivity contribution in [1.29, 1.82) is 0 Å². The number of likely N-dealkylation sites (tertiary alicyclic amines) is 1. The third-order valence-corrected chi connectivity index (χ3v) is 3.39. The summed E-state index contributed by atoms with van der Waals surface area (Å²) in [4.78, 5) is 6.98. The van der Waals surface area contributed by atoms with Crippen LogP contribution in [0.5, 0.6) is 5.88 Å². The van der Waals surface area contributed by atoms with Crippen LogP contribution in [0.3, 0.4) is 0 Å². The Hall–Kier alpha value is -1.29. The molecule has 0 saturated carbocycles. The summed E-state index contributed by atoms with van der Waals surface area (Å²) in [6.45, 7) is 8.39. The summed E-state index contributed by atoms with van der Waals surface area (Å²) >= 11 is 0. The fraction of sp³-hybridized carbons (Fsp3) is 0.667. The number of nitrogens with one attached hydrogen (secondary N) is 1. The van der Waals surface area contributed by atoms with Crippen LogP contribution in [0.1, 0.15) is 33.1 Å². The van der Waals surface area contributed by atoms with E-state index in [1.54, 1.807) is 0 Å². The maximum atomic E-state index is 5.42. The lowest BCUT2D eigenvalue weighted by Gasteiger charge is -2.29. The summed E-state index contributed by atoms with van der Waals surface area (Å²) in [5.41, 5.74) is 0. The zero-order valence-electron chi connectivity index (χ0n) is 12.1. The first-order valence-corrected chi connectivity index (χ1v) is 7.36. The van der Waals surface area contributed by atoms with Gasteiger partial charge in [0.2, 0.25) is 5.88 Å². The lowest BCUT2D eigenvalue weighted by molar-refractivity contribution is 0.223. The van der Waals surface area contributed by atoms with Gasteiger partial charge in [-0.1, -0.05) is 12.5 Å². The van der Waals surface area contributed by atoms with E-state index in [1.165, 1.54) is 32.4 Å². The molecule has 1 aromatic heterocycles. The van der Waals surface area contributed by atoms with Crippen LogP contribution in [-0.2, 0) is 0 Å². The molecular formula is C15H25N3O. The molecule has 1 aliphatic rings. The lowest BCUT2D eigenvalue weighted by Crippen LogP contribution is -2.38. The second-order valence-corrected chi connectivity index (χ2v) is 5.20. The van der Waals surface area contributed by atoms with Gasteiger partial charge in [0, 0.05) is 18.7 Å². The van der Waals surface area contributed by atoms with E-state index in [9.17, 15) is 0 Å². The highest BCUT2D eigenvalue weighted by atomic mass is 16.5. The first kappa shape index (κ1) is 14.1. The lowest BCUT2D eigenvalue weighted by atomic mass is 10.1. The topological polar surface area (TPSA) is 37.4 Å². The Labute approximate surface area is 116 Å². The fourth-order valence-corrected chi connectivity index (χ4v) is 2.55. The van der Waals surface area contributed by atoms with Gasteiger partial charge in [0.05, 0.1) is 6.61 Å². The Kier molecular flexibility index (Phi) is 5.45. The molecule has 19 heavy (non-hydrogen) atoms. The second-order valence-electron chi connectivity index (χ2n) is 5.20. The van der Waals surface area contributed by atoms with E-state index in [2.05, 4.69) is 22.1 Å². The Morgan fingerprint density at radius 1 is 1.32 bits per heavy atom. The second kappa shape index (κ2) is 7.34. The van der Waals surface area contributed by atoms with Gasteiger partial charge in [-0.2, -0.15) is 4.98 Å². The SMILES string of the molecule is CCOc1cccc(NC(C)CN2CCCCC2)n1. The van der Waals surface area contributed by atoms with Crippen LogP contribution in [-0.4, -0.2) is 42.2 Å². The molecule has 1 N–H and O–H groups in total. The van der Waals surface area contributed by atoms with Crippen LogP contribution in [0, 0.1) is 0 Å². The molecule has 1 atom stereocenters. The normalized spacial score (nSPS) is 18.0. The number of aromatic nitrogens is 1. The molecular weight excluding hydrogens is 238 g/mol. The van der Waals surface area contributed by atoms with Crippen LogP contribution >= 0.6 is 0 Å². The van der Waals surface area contributed by atoms with Crippen LogP contribution < -0.4 is 10.1 Å². The quantitative estimate of drug-likeness (QED) is 0.856. The molecule has 1 fully saturated rings. The van der Waals surface area contributed by atoms with Crippen LogP contribution in [0.2, 0.25) is 0 Å². The van der Waals surface area contributed by atoms with Crippen molar-refractivity contribution >= 4 is 5.82 Å². The van der Waals surface area contributed by atoms with Gasteiger partial charge in [0.25, 0.3) is 0 Å². The number of hydrogen-bond donors (Lipinski definition) is 1. The fourth-order valence-electron chi connectivity index (χ4n) is 2.55.